The lowest BCUT2D eigenvalue weighted by Crippen LogP contribution is -2.53. The Kier molecular flexibility index (Phi) is 10.1. The molecule has 0 spiro atoms. The second kappa shape index (κ2) is 16.1. The van der Waals surface area contributed by atoms with Crippen molar-refractivity contribution in [1.29, 1.82) is 0 Å². The molecule has 12 rings (SSSR count). The van der Waals surface area contributed by atoms with E-state index in [0.717, 1.165) is 34.2 Å². The standard InChI is InChI=1S/C67H60N4/c1-63(2)65(5,6)70(54-25-17-11-18-26-54)61(68-63)47-33-29-45(30-34-47)49-37-40-56-51(43-49)39-42-58-57-41-38-50(44-59(57)67(60(56)58,52-21-13-9-14-22-52)53-23-15-10-16-24-53)46-31-35-48(36-32-46)62-69-64(3,4)66(7,8)71(62)55-27-19-12-20-28-55/h9-44H,1-8H3. The molecule has 3 aliphatic rings. The van der Waals surface area contributed by atoms with E-state index in [-0.39, 0.29) is 22.2 Å². The highest BCUT2D eigenvalue weighted by atomic mass is 15.3. The SMILES string of the molecule is CC1(C)N=C(c2ccc(-c3ccc4c(c3)C(c3ccccc3)(c3ccccc3)c3c-4ccc4cc(-c5ccc(C6=NC(C)(C)C(C)(C)N6c6ccccc6)cc5)ccc34)cc2)N(c2ccccc2)C1(C)C. The Morgan fingerprint density at radius 2 is 0.718 bits per heavy atom. The molecular weight excluding hydrogens is 861 g/mol. The fraction of sp³-hybridized carbons (Fsp3) is 0.194. The minimum Gasteiger partial charge on any atom is -0.318 e. The number of amidine groups is 2. The van der Waals surface area contributed by atoms with Gasteiger partial charge in [0.2, 0.25) is 0 Å². The number of aliphatic imine (C=N–C) groups is 2. The van der Waals surface area contributed by atoms with Crippen LogP contribution in [0.5, 0.6) is 0 Å². The maximum atomic E-state index is 5.38. The van der Waals surface area contributed by atoms with Crippen molar-refractivity contribution in [3.8, 4) is 33.4 Å². The maximum absolute atomic E-state index is 5.38. The van der Waals surface area contributed by atoms with E-state index in [4.69, 9.17) is 9.98 Å². The molecule has 0 N–H and O–H groups in total. The monoisotopic (exact) mass is 920 g/mol. The summed E-state index contributed by atoms with van der Waals surface area (Å²) in [6.45, 7) is 18.2. The molecule has 9 aromatic carbocycles. The summed E-state index contributed by atoms with van der Waals surface area (Å²) in [5.41, 5.74) is 15.4. The quantitative estimate of drug-likeness (QED) is 0.152. The lowest BCUT2D eigenvalue weighted by atomic mass is 9.66. The van der Waals surface area contributed by atoms with Crippen molar-refractivity contribution in [2.75, 3.05) is 9.80 Å². The Balaban J connectivity index is 0.954. The van der Waals surface area contributed by atoms with Crippen LogP contribution in [0.3, 0.4) is 0 Å². The number of para-hydroxylation sites is 2. The van der Waals surface area contributed by atoms with Gasteiger partial charge < -0.3 is 9.80 Å². The molecule has 348 valence electrons. The topological polar surface area (TPSA) is 31.2 Å². The van der Waals surface area contributed by atoms with Crippen LogP contribution in [0.15, 0.2) is 228 Å². The van der Waals surface area contributed by atoms with Crippen LogP contribution in [0.1, 0.15) is 88.8 Å². The van der Waals surface area contributed by atoms with Gasteiger partial charge in [0.25, 0.3) is 0 Å². The number of rotatable bonds is 8. The van der Waals surface area contributed by atoms with Crippen molar-refractivity contribution in [2.24, 2.45) is 9.98 Å². The number of anilines is 2. The van der Waals surface area contributed by atoms with Gasteiger partial charge in [0.15, 0.2) is 0 Å². The first-order valence-electron chi connectivity index (χ1n) is 25.2. The second-order valence-electron chi connectivity index (χ2n) is 21.8. The van der Waals surface area contributed by atoms with Crippen molar-refractivity contribution in [3.63, 3.8) is 0 Å². The Labute approximate surface area is 419 Å². The highest BCUT2D eigenvalue weighted by Crippen LogP contribution is 2.59. The summed E-state index contributed by atoms with van der Waals surface area (Å²) in [5, 5.41) is 2.47. The minimum atomic E-state index is -0.577. The smallest absolute Gasteiger partial charge is 0.136 e. The molecule has 4 nitrogen and oxygen atoms in total. The average molecular weight is 921 g/mol. The summed E-state index contributed by atoms with van der Waals surface area (Å²) < 4.78 is 0. The molecule has 0 saturated carbocycles. The lowest BCUT2D eigenvalue weighted by molar-refractivity contribution is 0.338. The molecule has 71 heavy (non-hydrogen) atoms. The summed E-state index contributed by atoms with van der Waals surface area (Å²) >= 11 is 0. The van der Waals surface area contributed by atoms with E-state index >= 15 is 0 Å². The van der Waals surface area contributed by atoms with Gasteiger partial charge in [-0.2, -0.15) is 0 Å². The van der Waals surface area contributed by atoms with Gasteiger partial charge in [-0.3, -0.25) is 9.98 Å². The van der Waals surface area contributed by atoms with Gasteiger partial charge in [-0.1, -0.05) is 182 Å². The lowest BCUT2D eigenvalue weighted by Gasteiger charge is -2.41. The van der Waals surface area contributed by atoms with Crippen molar-refractivity contribution in [2.45, 2.75) is 83.0 Å². The largest absolute Gasteiger partial charge is 0.318 e. The minimum absolute atomic E-state index is 0.213. The average Bonchev–Trinajstić information content (AvgIpc) is 3.89. The molecular formula is C67H60N4. The first kappa shape index (κ1) is 44.4. The zero-order valence-corrected chi connectivity index (χ0v) is 42.1. The number of hydrogen-bond acceptors (Lipinski definition) is 4. The van der Waals surface area contributed by atoms with E-state index in [1.165, 1.54) is 66.4 Å². The van der Waals surface area contributed by atoms with Gasteiger partial charge in [-0.25, -0.2) is 0 Å². The van der Waals surface area contributed by atoms with E-state index in [2.05, 4.69) is 284 Å². The normalized spacial score (nSPS) is 17.7. The molecule has 0 unspecified atom stereocenters. The van der Waals surface area contributed by atoms with Gasteiger partial charge in [-0.15, -0.1) is 0 Å². The van der Waals surface area contributed by atoms with E-state index in [9.17, 15) is 0 Å². The molecule has 0 amide bonds. The molecule has 2 aliphatic heterocycles. The summed E-state index contributed by atoms with van der Waals surface area (Å²) in [7, 11) is 0. The molecule has 0 radical (unpaired) electrons. The van der Waals surface area contributed by atoms with Crippen LogP contribution in [0.2, 0.25) is 0 Å². The first-order valence-corrected chi connectivity index (χ1v) is 25.2. The predicted molar refractivity (Wildman–Crippen MR) is 299 cm³/mol. The highest BCUT2D eigenvalue weighted by Gasteiger charge is 2.51. The molecule has 0 bridgehead atoms. The van der Waals surface area contributed by atoms with Crippen molar-refractivity contribution in [1.82, 2.24) is 0 Å². The molecule has 0 atom stereocenters. The van der Waals surface area contributed by atoms with Crippen molar-refractivity contribution < 1.29 is 0 Å². The van der Waals surface area contributed by atoms with E-state index in [1.807, 2.05) is 0 Å². The predicted octanol–water partition coefficient (Wildman–Crippen LogP) is 16.2. The van der Waals surface area contributed by atoms with E-state index in [1.54, 1.807) is 0 Å². The molecule has 1 aliphatic carbocycles. The second-order valence-corrected chi connectivity index (χ2v) is 21.8. The third-order valence-electron chi connectivity index (χ3n) is 16.8. The Bertz CT molecular complexity index is 3510. The summed E-state index contributed by atoms with van der Waals surface area (Å²) in [5.74, 6) is 2.01. The summed E-state index contributed by atoms with van der Waals surface area (Å²) in [4.78, 5) is 15.6. The Hall–Kier alpha value is -7.82. The third-order valence-corrected chi connectivity index (χ3v) is 16.8. The van der Waals surface area contributed by atoms with Gasteiger partial charge in [0.1, 0.15) is 11.7 Å². The van der Waals surface area contributed by atoms with Crippen LogP contribution >= 0.6 is 0 Å². The van der Waals surface area contributed by atoms with Gasteiger partial charge in [0.05, 0.1) is 27.6 Å². The number of nitrogens with zero attached hydrogens (tertiary/aromatic N) is 4. The van der Waals surface area contributed by atoms with Gasteiger partial charge in [-0.05, 0) is 158 Å². The number of fused-ring (bicyclic) bond motifs is 5. The Morgan fingerprint density at radius 1 is 0.338 bits per heavy atom. The fourth-order valence-electron chi connectivity index (χ4n) is 11.7. The summed E-state index contributed by atoms with van der Waals surface area (Å²) in [6, 6.07) is 80.7. The molecule has 0 aromatic heterocycles. The maximum Gasteiger partial charge on any atom is 0.136 e. The first-order chi connectivity index (χ1) is 34.2. The molecule has 2 heterocycles. The zero-order valence-electron chi connectivity index (χ0n) is 42.1. The van der Waals surface area contributed by atoms with Crippen LogP contribution in [-0.2, 0) is 5.41 Å². The van der Waals surface area contributed by atoms with Crippen LogP contribution in [-0.4, -0.2) is 33.8 Å². The van der Waals surface area contributed by atoms with Crippen molar-refractivity contribution >= 4 is 33.8 Å². The number of benzene rings is 9. The van der Waals surface area contributed by atoms with E-state index in [0.29, 0.717) is 0 Å². The molecule has 0 fully saturated rings. The molecule has 0 saturated heterocycles. The van der Waals surface area contributed by atoms with Crippen LogP contribution in [0.25, 0.3) is 44.2 Å². The van der Waals surface area contributed by atoms with Crippen LogP contribution in [0, 0.1) is 0 Å². The van der Waals surface area contributed by atoms with Crippen LogP contribution < -0.4 is 9.80 Å². The Morgan fingerprint density at radius 3 is 1.18 bits per heavy atom. The third kappa shape index (κ3) is 6.71. The molecule has 4 heteroatoms. The number of hydrogen-bond donors (Lipinski definition) is 0. The fourth-order valence-corrected chi connectivity index (χ4v) is 11.7. The van der Waals surface area contributed by atoms with Gasteiger partial charge >= 0.3 is 0 Å². The zero-order chi connectivity index (χ0) is 48.9. The van der Waals surface area contributed by atoms with Gasteiger partial charge in [0, 0.05) is 22.5 Å². The summed E-state index contributed by atoms with van der Waals surface area (Å²) in [6.07, 6.45) is 0. The van der Waals surface area contributed by atoms with E-state index < -0.39 is 5.41 Å². The van der Waals surface area contributed by atoms with Crippen LogP contribution in [0.4, 0.5) is 11.4 Å². The van der Waals surface area contributed by atoms with Crippen molar-refractivity contribution in [3.05, 3.63) is 252 Å². The molecule has 9 aromatic rings. The highest BCUT2D eigenvalue weighted by molar-refractivity contribution is 6.14.